The van der Waals surface area contributed by atoms with Crippen LogP contribution in [-0.4, -0.2) is 52.5 Å². The lowest BCUT2D eigenvalue weighted by Crippen LogP contribution is -2.16. The molecular weight excluding hydrogens is 540 g/mol. The predicted molar refractivity (Wildman–Crippen MR) is 138 cm³/mol. The van der Waals surface area contributed by atoms with Crippen LogP contribution >= 0.6 is 22.7 Å². The summed E-state index contributed by atoms with van der Waals surface area (Å²) >= 11 is 2.13. The van der Waals surface area contributed by atoms with Crippen molar-refractivity contribution in [3.8, 4) is 11.5 Å². The molecule has 0 aliphatic rings. The number of para-hydroxylation sites is 2. The Balaban J connectivity index is 1.20. The zero-order valence-electron chi connectivity index (χ0n) is 19.1. The molecule has 0 spiro atoms. The average Bonchev–Trinajstić information content (AvgIpc) is 3.52. The summed E-state index contributed by atoms with van der Waals surface area (Å²) in [6.45, 7) is 0. The number of carbonyl (C=O) groups excluding carboxylic acids is 2. The minimum atomic E-state index is -3.43. The Morgan fingerprint density at radius 3 is 1.49 bits per heavy atom. The molecule has 4 aromatic rings. The SMILES string of the molecule is O=C(Nc1nnc(CCS(=O)(=O)CCc2nnc(NC(=O)Oc3ccccc3)s2)s1)Oc1ccccc1. The third-order valence-corrected chi connectivity index (χ3v) is 7.96. The van der Waals surface area contributed by atoms with Crippen molar-refractivity contribution >= 4 is 55.0 Å². The first-order valence-electron chi connectivity index (χ1n) is 10.8. The molecule has 15 heteroatoms. The van der Waals surface area contributed by atoms with Gasteiger partial charge in [-0.3, -0.25) is 10.6 Å². The van der Waals surface area contributed by atoms with Gasteiger partial charge < -0.3 is 9.47 Å². The van der Waals surface area contributed by atoms with Crippen LogP contribution in [0.1, 0.15) is 10.0 Å². The van der Waals surface area contributed by atoms with Crippen LogP contribution in [0.5, 0.6) is 11.5 Å². The number of amides is 2. The molecule has 2 amide bonds. The smallest absolute Gasteiger partial charge is 0.410 e. The van der Waals surface area contributed by atoms with Crippen LogP contribution in [0, 0.1) is 0 Å². The van der Waals surface area contributed by atoms with E-state index in [2.05, 4.69) is 31.0 Å². The van der Waals surface area contributed by atoms with E-state index in [1.807, 2.05) is 0 Å². The van der Waals surface area contributed by atoms with Gasteiger partial charge in [-0.05, 0) is 24.3 Å². The van der Waals surface area contributed by atoms with Gasteiger partial charge in [-0.15, -0.1) is 20.4 Å². The number of aryl methyl sites for hydroxylation is 2. The molecule has 37 heavy (non-hydrogen) atoms. The van der Waals surface area contributed by atoms with Crippen LogP contribution < -0.4 is 20.1 Å². The summed E-state index contributed by atoms with van der Waals surface area (Å²) in [5.74, 6) is 0.454. The molecule has 0 aliphatic heterocycles. The highest BCUT2D eigenvalue weighted by molar-refractivity contribution is 7.91. The van der Waals surface area contributed by atoms with Gasteiger partial charge in [-0.25, -0.2) is 18.0 Å². The van der Waals surface area contributed by atoms with E-state index >= 15 is 0 Å². The molecule has 2 N–H and O–H groups in total. The molecule has 2 heterocycles. The number of ether oxygens (including phenoxy) is 2. The number of hydrogen-bond donors (Lipinski definition) is 2. The maximum absolute atomic E-state index is 12.5. The molecule has 0 saturated heterocycles. The van der Waals surface area contributed by atoms with E-state index < -0.39 is 22.0 Å². The van der Waals surface area contributed by atoms with Crippen molar-refractivity contribution in [2.45, 2.75) is 12.8 Å². The van der Waals surface area contributed by atoms with E-state index in [0.717, 1.165) is 22.7 Å². The standard InChI is InChI=1S/C22H20N6O6S3/c29-21(33-15-7-3-1-4-8-15)23-19-27-25-17(35-19)11-13-37(31,32)14-12-18-26-28-20(36-18)24-22(30)34-16-9-5-2-6-10-16/h1-10H,11-14H2,(H,23,27,29)(H,24,28,30). The number of nitrogens with one attached hydrogen (secondary N) is 2. The first-order chi connectivity index (χ1) is 17.8. The normalized spacial score (nSPS) is 11.0. The lowest BCUT2D eigenvalue weighted by Gasteiger charge is -2.03. The molecule has 0 atom stereocenters. The van der Waals surface area contributed by atoms with Crippen LogP contribution in [0.15, 0.2) is 60.7 Å². The zero-order chi connectivity index (χ0) is 26.1. The third kappa shape index (κ3) is 8.59. The van der Waals surface area contributed by atoms with E-state index in [9.17, 15) is 18.0 Å². The van der Waals surface area contributed by atoms with Gasteiger partial charge in [0.05, 0.1) is 11.5 Å². The number of hydrogen-bond acceptors (Lipinski definition) is 12. The number of rotatable bonds is 10. The van der Waals surface area contributed by atoms with Crippen molar-refractivity contribution in [3.63, 3.8) is 0 Å². The number of carbonyl (C=O) groups is 2. The maximum atomic E-state index is 12.5. The molecule has 0 saturated carbocycles. The fourth-order valence-electron chi connectivity index (χ4n) is 2.81. The molecule has 0 bridgehead atoms. The summed E-state index contributed by atoms with van der Waals surface area (Å²) < 4.78 is 35.2. The van der Waals surface area contributed by atoms with Gasteiger partial charge in [0.2, 0.25) is 10.3 Å². The summed E-state index contributed by atoms with van der Waals surface area (Å²) in [7, 11) is -3.43. The van der Waals surface area contributed by atoms with Crippen LogP contribution in [0.2, 0.25) is 0 Å². The quantitative estimate of drug-likeness (QED) is 0.292. The lowest BCUT2D eigenvalue weighted by molar-refractivity contribution is 0.214. The summed E-state index contributed by atoms with van der Waals surface area (Å²) in [6.07, 6.45) is -1.16. The molecule has 0 aliphatic carbocycles. The number of nitrogens with zero attached hydrogens (tertiary/aromatic N) is 4. The summed E-state index contributed by atoms with van der Waals surface area (Å²) in [5, 5.41) is 21.8. The number of sulfone groups is 1. The van der Waals surface area contributed by atoms with Crippen LogP contribution in [0.25, 0.3) is 0 Å². The summed E-state index contributed by atoms with van der Waals surface area (Å²) in [5.41, 5.74) is 0. The highest BCUT2D eigenvalue weighted by atomic mass is 32.2. The van der Waals surface area contributed by atoms with Gasteiger partial charge in [-0.2, -0.15) is 0 Å². The minimum absolute atomic E-state index is 0.143. The van der Waals surface area contributed by atoms with E-state index in [1.165, 1.54) is 0 Å². The van der Waals surface area contributed by atoms with Gasteiger partial charge in [0.15, 0.2) is 9.84 Å². The predicted octanol–water partition coefficient (Wildman–Crippen LogP) is 3.81. The van der Waals surface area contributed by atoms with Gasteiger partial charge in [0.1, 0.15) is 21.5 Å². The second kappa shape index (κ2) is 12.3. The van der Waals surface area contributed by atoms with Crippen molar-refractivity contribution < 1.29 is 27.5 Å². The second-order valence-electron chi connectivity index (χ2n) is 7.31. The monoisotopic (exact) mass is 560 g/mol. The molecule has 0 fully saturated rings. The number of aromatic nitrogens is 4. The largest absolute Gasteiger partial charge is 0.418 e. The highest BCUT2D eigenvalue weighted by Crippen LogP contribution is 2.19. The van der Waals surface area contributed by atoms with E-state index in [1.54, 1.807) is 60.7 Å². The molecule has 0 unspecified atom stereocenters. The molecule has 0 radical (unpaired) electrons. The molecule has 12 nitrogen and oxygen atoms in total. The van der Waals surface area contributed by atoms with Crippen molar-refractivity contribution in [2.75, 3.05) is 22.1 Å². The Hall–Kier alpha value is -3.95. The Kier molecular flexibility index (Phi) is 8.71. The van der Waals surface area contributed by atoms with E-state index in [4.69, 9.17) is 9.47 Å². The fourth-order valence-corrected chi connectivity index (χ4v) is 5.74. The topological polar surface area (TPSA) is 162 Å². The Labute approximate surface area is 219 Å². The Bertz CT molecular complexity index is 1340. The van der Waals surface area contributed by atoms with Gasteiger partial charge in [0.25, 0.3) is 0 Å². The van der Waals surface area contributed by atoms with E-state index in [-0.39, 0.29) is 34.6 Å². The summed E-state index contributed by atoms with van der Waals surface area (Å²) in [6, 6.07) is 17.1. The number of anilines is 2. The van der Waals surface area contributed by atoms with E-state index in [0.29, 0.717) is 21.5 Å². The Morgan fingerprint density at radius 1 is 0.676 bits per heavy atom. The van der Waals surface area contributed by atoms with Crippen LogP contribution in [-0.2, 0) is 22.7 Å². The van der Waals surface area contributed by atoms with Crippen molar-refractivity contribution in [1.82, 2.24) is 20.4 Å². The van der Waals surface area contributed by atoms with Gasteiger partial charge in [-0.1, -0.05) is 59.1 Å². The van der Waals surface area contributed by atoms with Gasteiger partial charge >= 0.3 is 12.2 Å². The molecule has 4 rings (SSSR count). The van der Waals surface area contributed by atoms with Crippen molar-refractivity contribution in [2.24, 2.45) is 0 Å². The first-order valence-corrected chi connectivity index (χ1v) is 14.2. The molecule has 192 valence electrons. The van der Waals surface area contributed by atoms with Crippen LogP contribution in [0.4, 0.5) is 19.9 Å². The van der Waals surface area contributed by atoms with Crippen LogP contribution in [0.3, 0.4) is 0 Å². The van der Waals surface area contributed by atoms with Gasteiger partial charge in [0, 0.05) is 12.8 Å². The minimum Gasteiger partial charge on any atom is -0.410 e. The maximum Gasteiger partial charge on any atom is 0.418 e. The molecule has 2 aromatic heterocycles. The second-order valence-corrected chi connectivity index (χ2v) is 11.7. The molecule has 2 aromatic carbocycles. The van der Waals surface area contributed by atoms with Crippen molar-refractivity contribution in [3.05, 3.63) is 70.7 Å². The first kappa shape index (κ1) is 26.1. The fraction of sp³-hybridized carbons (Fsp3) is 0.182. The zero-order valence-corrected chi connectivity index (χ0v) is 21.5. The highest BCUT2D eigenvalue weighted by Gasteiger charge is 2.17. The Morgan fingerprint density at radius 2 is 1.08 bits per heavy atom. The lowest BCUT2D eigenvalue weighted by atomic mass is 10.3. The third-order valence-electron chi connectivity index (χ3n) is 4.51. The average molecular weight is 561 g/mol. The van der Waals surface area contributed by atoms with Crippen molar-refractivity contribution in [1.29, 1.82) is 0 Å². The molecular formula is C22H20N6O6S3. The summed E-state index contributed by atoms with van der Waals surface area (Å²) in [4.78, 5) is 23.9. The number of benzene rings is 2.